The van der Waals surface area contributed by atoms with Crippen molar-refractivity contribution < 1.29 is 9.59 Å². The average molecular weight is 327 g/mol. The van der Waals surface area contributed by atoms with Gasteiger partial charge in [-0.1, -0.05) is 38.6 Å². The number of hydrogen-bond donors (Lipinski definition) is 1. The molecule has 2 aromatic rings. The van der Waals surface area contributed by atoms with Crippen molar-refractivity contribution in [2.75, 3.05) is 13.1 Å². The quantitative estimate of drug-likeness (QED) is 0.877. The smallest absolute Gasteiger partial charge is 0.246 e. The molecule has 0 unspecified atom stereocenters. The van der Waals surface area contributed by atoms with Crippen molar-refractivity contribution in [1.29, 1.82) is 0 Å². The summed E-state index contributed by atoms with van der Waals surface area (Å²) >= 11 is 0. The van der Waals surface area contributed by atoms with Gasteiger partial charge in [0, 0.05) is 30.2 Å². The summed E-state index contributed by atoms with van der Waals surface area (Å²) in [4.78, 5) is 25.2. The molecule has 1 saturated heterocycles. The summed E-state index contributed by atoms with van der Waals surface area (Å²) in [5.74, 6) is -0.117. The summed E-state index contributed by atoms with van der Waals surface area (Å²) in [6, 6.07) is 8.09. The predicted molar refractivity (Wildman–Crippen MR) is 96.7 cm³/mol. The van der Waals surface area contributed by atoms with Crippen LogP contribution in [0.4, 0.5) is 0 Å². The summed E-state index contributed by atoms with van der Waals surface area (Å²) in [7, 11) is 0. The highest BCUT2D eigenvalue weighted by molar-refractivity contribution is 5.88. The molecule has 0 atom stereocenters. The summed E-state index contributed by atoms with van der Waals surface area (Å²) in [5.41, 5.74) is 2.22. The molecule has 3 rings (SSSR count). The van der Waals surface area contributed by atoms with Gasteiger partial charge in [-0.2, -0.15) is 0 Å². The number of nitrogens with zero attached hydrogens (tertiary/aromatic N) is 2. The number of para-hydroxylation sites is 1. The van der Waals surface area contributed by atoms with Gasteiger partial charge in [0.2, 0.25) is 11.8 Å². The first-order chi connectivity index (χ1) is 11.6. The van der Waals surface area contributed by atoms with Gasteiger partial charge in [-0.25, -0.2) is 0 Å². The number of carbonyl (C=O) groups excluding carboxylic acids is 2. The summed E-state index contributed by atoms with van der Waals surface area (Å²) in [6.45, 7) is 10.9. The van der Waals surface area contributed by atoms with E-state index in [1.807, 2.05) is 49.7 Å². The Morgan fingerprint density at radius 3 is 2.62 bits per heavy atom. The van der Waals surface area contributed by atoms with Gasteiger partial charge >= 0.3 is 0 Å². The largest absolute Gasteiger partial charge is 0.348 e. The molecule has 24 heavy (non-hydrogen) atoms. The Balaban J connectivity index is 0.00000100. The Bertz CT molecular complexity index is 742. The second-order valence-corrected chi connectivity index (χ2v) is 5.67. The van der Waals surface area contributed by atoms with E-state index < -0.39 is 0 Å². The molecule has 2 heterocycles. The highest BCUT2D eigenvalue weighted by Gasteiger charge is 2.30. The van der Waals surface area contributed by atoms with Crippen LogP contribution in [0.25, 0.3) is 10.9 Å². The van der Waals surface area contributed by atoms with Crippen molar-refractivity contribution in [3.8, 4) is 0 Å². The first kappa shape index (κ1) is 17.8. The molecule has 1 aromatic heterocycles. The van der Waals surface area contributed by atoms with E-state index in [-0.39, 0.29) is 17.9 Å². The average Bonchev–Trinajstić information content (AvgIpc) is 2.88. The lowest BCUT2D eigenvalue weighted by Crippen LogP contribution is -2.61. The lowest BCUT2D eigenvalue weighted by Gasteiger charge is -2.38. The van der Waals surface area contributed by atoms with Gasteiger partial charge in [-0.3, -0.25) is 9.59 Å². The summed E-state index contributed by atoms with van der Waals surface area (Å²) in [6.07, 6.45) is 3.30. The minimum Gasteiger partial charge on any atom is -0.348 e. The second kappa shape index (κ2) is 7.81. The third-order valence-corrected chi connectivity index (χ3v) is 4.03. The third kappa shape index (κ3) is 3.67. The molecular weight excluding hydrogens is 302 g/mol. The van der Waals surface area contributed by atoms with E-state index in [4.69, 9.17) is 0 Å². The Morgan fingerprint density at radius 1 is 1.29 bits per heavy atom. The van der Waals surface area contributed by atoms with Crippen molar-refractivity contribution >= 4 is 22.7 Å². The van der Waals surface area contributed by atoms with Crippen LogP contribution in [0.1, 0.15) is 19.4 Å². The van der Waals surface area contributed by atoms with Crippen LogP contribution in [-0.4, -0.2) is 40.4 Å². The van der Waals surface area contributed by atoms with E-state index >= 15 is 0 Å². The topological polar surface area (TPSA) is 54.3 Å². The number of carbonyl (C=O) groups is 2. The van der Waals surface area contributed by atoms with Crippen LogP contribution in [0.2, 0.25) is 0 Å². The van der Waals surface area contributed by atoms with Gasteiger partial charge in [-0.05, 0) is 24.6 Å². The number of aryl methyl sites for hydroxylation is 1. The van der Waals surface area contributed by atoms with Crippen LogP contribution < -0.4 is 5.32 Å². The molecule has 5 heteroatoms. The molecule has 0 spiro atoms. The monoisotopic (exact) mass is 327 g/mol. The van der Waals surface area contributed by atoms with Crippen LogP contribution in [0.5, 0.6) is 0 Å². The molecule has 1 aromatic carbocycles. The van der Waals surface area contributed by atoms with Crippen LogP contribution in [0.15, 0.2) is 43.1 Å². The van der Waals surface area contributed by atoms with Gasteiger partial charge < -0.3 is 14.8 Å². The van der Waals surface area contributed by atoms with Crippen LogP contribution in [0.3, 0.4) is 0 Å². The Labute approximate surface area is 142 Å². The number of nitrogens with one attached hydrogen (secondary N) is 1. The van der Waals surface area contributed by atoms with Gasteiger partial charge in [0.15, 0.2) is 0 Å². The fourth-order valence-corrected chi connectivity index (χ4v) is 2.87. The zero-order valence-corrected chi connectivity index (χ0v) is 14.6. The maximum atomic E-state index is 12.2. The van der Waals surface area contributed by atoms with Gasteiger partial charge in [0.05, 0.1) is 6.04 Å². The van der Waals surface area contributed by atoms with Gasteiger partial charge in [0.25, 0.3) is 0 Å². The molecule has 1 fully saturated rings. The Hall–Kier alpha value is -2.56. The number of hydrogen-bond acceptors (Lipinski definition) is 2. The van der Waals surface area contributed by atoms with Gasteiger partial charge in [0.1, 0.15) is 6.54 Å². The van der Waals surface area contributed by atoms with E-state index in [0.29, 0.717) is 19.6 Å². The van der Waals surface area contributed by atoms with E-state index in [1.54, 1.807) is 4.90 Å². The molecule has 2 amide bonds. The molecule has 128 valence electrons. The predicted octanol–water partition coefficient (Wildman–Crippen LogP) is 2.49. The third-order valence-electron chi connectivity index (χ3n) is 4.03. The standard InChI is InChI=1S/C17H19N3O2.C2H6/c1-3-17(22)20-9-13(10-20)18-16(21)11-19-8-12(2)14-6-4-5-7-15(14)19;1-2/h3-8,13H,1,9-11H2,2H3,(H,18,21);1-2H3. The molecule has 0 saturated carbocycles. The fraction of sp³-hybridized carbons (Fsp3) is 0.368. The first-order valence-electron chi connectivity index (χ1n) is 8.33. The minimum absolute atomic E-state index is 0.0311. The van der Waals surface area contributed by atoms with Crippen molar-refractivity contribution in [2.24, 2.45) is 0 Å². The summed E-state index contributed by atoms with van der Waals surface area (Å²) < 4.78 is 1.96. The molecule has 1 aliphatic rings. The first-order valence-corrected chi connectivity index (χ1v) is 8.33. The molecule has 1 N–H and O–H groups in total. The molecule has 5 nitrogen and oxygen atoms in total. The Kier molecular flexibility index (Phi) is 5.79. The van der Waals surface area contributed by atoms with Crippen LogP contribution in [-0.2, 0) is 16.1 Å². The number of amides is 2. The minimum atomic E-state index is -0.0856. The summed E-state index contributed by atoms with van der Waals surface area (Å²) in [5, 5.41) is 4.13. The molecule has 0 radical (unpaired) electrons. The van der Waals surface area contributed by atoms with Crippen molar-refractivity contribution in [3.05, 3.63) is 48.7 Å². The van der Waals surface area contributed by atoms with E-state index in [9.17, 15) is 9.59 Å². The molecule has 0 bridgehead atoms. The number of benzene rings is 1. The highest BCUT2D eigenvalue weighted by Crippen LogP contribution is 2.20. The van der Waals surface area contributed by atoms with Crippen molar-refractivity contribution in [3.63, 3.8) is 0 Å². The normalized spacial score (nSPS) is 13.7. The fourth-order valence-electron chi connectivity index (χ4n) is 2.87. The number of likely N-dealkylation sites (tertiary alicyclic amines) is 1. The van der Waals surface area contributed by atoms with Gasteiger partial charge in [-0.15, -0.1) is 0 Å². The number of aromatic nitrogens is 1. The highest BCUT2D eigenvalue weighted by atomic mass is 16.2. The number of rotatable bonds is 4. The zero-order valence-electron chi connectivity index (χ0n) is 14.6. The second-order valence-electron chi connectivity index (χ2n) is 5.67. The Morgan fingerprint density at radius 2 is 1.96 bits per heavy atom. The zero-order chi connectivity index (χ0) is 17.7. The van der Waals surface area contributed by atoms with Crippen molar-refractivity contribution in [2.45, 2.75) is 33.4 Å². The molecular formula is C19H25N3O2. The number of fused-ring (bicyclic) bond motifs is 1. The van der Waals surface area contributed by atoms with E-state index in [1.165, 1.54) is 11.5 Å². The lowest BCUT2D eigenvalue weighted by atomic mass is 10.1. The molecule has 1 aliphatic heterocycles. The molecule has 0 aliphatic carbocycles. The lowest BCUT2D eigenvalue weighted by molar-refractivity contribution is -0.133. The van der Waals surface area contributed by atoms with E-state index in [0.717, 1.165) is 11.1 Å². The van der Waals surface area contributed by atoms with E-state index in [2.05, 4.69) is 18.0 Å². The van der Waals surface area contributed by atoms with Crippen LogP contribution >= 0.6 is 0 Å². The SMILES string of the molecule is C=CC(=O)N1CC(NC(=O)Cn2cc(C)c3ccccc32)C1.CC. The van der Waals surface area contributed by atoms with Crippen molar-refractivity contribution in [1.82, 2.24) is 14.8 Å². The maximum absolute atomic E-state index is 12.2. The van der Waals surface area contributed by atoms with Crippen LogP contribution in [0, 0.1) is 6.92 Å². The maximum Gasteiger partial charge on any atom is 0.246 e.